The third-order valence-electron chi connectivity index (χ3n) is 3.13. The van der Waals surface area contributed by atoms with Crippen LogP contribution in [-0.4, -0.2) is 5.16 Å². The van der Waals surface area contributed by atoms with Crippen LogP contribution in [0.15, 0.2) is 53.1 Å². The van der Waals surface area contributed by atoms with Crippen LogP contribution in [0.4, 0.5) is 4.39 Å². The van der Waals surface area contributed by atoms with Crippen molar-refractivity contribution in [2.24, 2.45) is 0 Å². The highest BCUT2D eigenvalue weighted by Crippen LogP contribution is 2.38. The number of nitrogens with zero attached hydrogens (tertiary/aromatic N) is 1. The van der Waals surface area contributed by atoms with Crippen LogP contribution < -0.4 is 0 Å². The van der Waals surface area contributed by atoms with E-state index in [0.29, 0.717) is 27.6 Å². The van der Waals surface area contributed by atoms with E-state index < -0.39 is 0 Å². The van der Waals surface area contributed by atoms with Crippen LogP contribution in [0, 0.1) is 12.7 Å². The minimum Gasteiger partial charge on any atom is -0.360 e. The Balaban J connectivity index is 2.26. The minimum atomic E-state index is -0.313. The third-order valence-corrected chi connectivity index (χ3v) is 3.46. The third kappa shape index (κ3) is 2.10. The first-order valence-corrected chi connectivity index (χ1v) is 6.52. The number of halogens is 2. The Morgan fingerprint density at radius 2 is 1.65 bits per heavy atom. The van der Waals surface area contributed by atoms with Crippen molar-refractivity contribution >= 4 is 11.6 Å². The molecule has 2 nitrogen and oxygen atoms in total. The van der Waals surface area contributed by atoms with Gasteiger partial charge < -0.3 is 4.52 Å². The summed E-state index contributed by atoms with van der Waals surface area (Å²) in [7, 11) is 0. The molecule has 0 radical (unpaired) electrons. The molecule has 100 valence electrons. The van der Waals surface area contributed by atoms with Gasteiger partial charge in [-0.25, -0.2) is 4.39 Å². The van der Waals surface area contributed by atoms with Crippen molar-refractivity contribution in [1.29, 1.82) is 0 Å². The van der Waals surface area contributed by atoms with E-state index in [9.17, 15) is 4.39 Å². The second-order valence-electron chi connectivity index (χ2n) is 4.42. The molecular weight excluding hydrogens is 277 g/mol. The van der Waals surface area contributed by atoms with Crippen LogP contribution in [0.3, 0.4) is 0 Å². The molecule has 0 aliphatic carbocycles. The van der Waals surface area contributed by atoms with Gasteiger partial charge in [-0.1, -0.05) is 53.2 Å². The normalized spacial score (nSPS) is 10.8. The standard InChI is InChI=1S/C16H11ClFNO/c1-10-15(12-7-3-5-9-14(12)18)16(19-20-10)11-6-2-4-8-13(11)17/h2-9H,1H3. The fraction of sp³-hybridized carbons (Fsp3) is 0.0625. The number of hydrogen-bond donors (Lipinski definition) is 0. The zero-order valence-electron chi connectivity index (χ0n) is 10.7. The minimum absolute atomic E-state index is 0.313. The summed E-state index contributed by atoms with van der Waals surface area (Å²) in [5, 5.41) is 4.59. The van der Waals surface area contributed by atoms with Gasteiger partial charge in [0, 0.05) is 11.1 Å². The Morgan fingerprint density at radius 3 is 2.35 bits per heavy atom. The summed E-state index contributed by atoms with van der Waals surface area (Å²) in [5.74, 6) is 0.247. The highest BCUT2D eigenvalue weighted by atomic mass is 35.5. The molecule has 4 heteroatoms. The lowest BCUT2D eigenvalue weighted by molar-refractivity contribution is 0.400. The molecule has 1 aromatic heterocycles. The van der Waals surface area contributed by atoms with E-state index in [1.807, 2.05) is 18.2 Å². The molecule has 0 aliphatic heterocycles. The summed E-state index contributed by atoms with van der Waals surface area (Å²) in [6.07, 6.45) is 0. The van der Waals surface area contributed by atoms with Crippen molar-refractivity contribution in [3.63, 3.8) is 0 Å². The zero-order chi connectivity index (χ0) is 14.1. The Hall–Kier alpha value is -2.13. The van der Waals surface area contributed by atoms with Gasteiger partial charge in [0.2, 0.25) is 0 Å². The average Bonchev–Trinajstić information content (AvgIpc) is 2.82. The van der Waals surface area contributed by atoms with Crippen molar-refractivity contribution < 1.29 is 8.91 Å². The van der Waals surface area contributed by atoms with Crippen LogP contribution in [0.2, 0.25) is 5.02 Å². The van der Waals surface area contributed by atoms with Gasteiger partial charge in [0.25, 0.3) is 0 Å². The van der Waals surface area contributed by atoms with E-state index in [4.69, 9.17) is 16.1 Å². The van der Waals surface area contributed by atoms with Crippen molar-refractivity contribution in [2.75, 3.05) is 0 Å². The number of aromatic nitrogens is 1. The lowest BCUT2D eigenvalue weighted by Gasteiger charge is -2.05. The van der Waals surface area contributed by atoms with Crippen molar-refractivity contribution in [1.82, 2.24) is 5.16 Å². The summed E-state index contributed by atoms with van der Waals surface area (Å²) in [6.45, 7) is 1.76. The Morgan fingerprint density at radius 1 is 1.00 bits per heavy atom. The molecule has 0 spiro atoms. The predicted octanol–water partition coefficient (Wildman–Crippen LogP) is 5.11. The molecule has 20 heavy (non-hydrogen) atoms. The first-order valence-electron chi connectivity index (χ1n) is 6.14. The van der Waals surface area contributed by atoms with Crippen LogP contribution in [0.5, 0.6) is 0 Å². The Labute approximate surface area is 120 Å². The Bertz CT molecular complexity index is 767. The van der Waals surface area contributed by atoms with Crippen LogP contribution in [-0.2, 0) is 0 Å². The summed E-state index contributed by atoms with van der Waals surface area (Å²) in [4.78, 5) is 0. The Kier molecular flexibility index (Phi) is 3.28. The van der Waals surface area contributed by atoms with Crippen LogP contribution in [0.25, 0.3) is 22.4 Å². The molecule has 0 fully saturated rings. The van der Waals surface area contributed by atoms with Crippen LogP contribution >= 0.6 is 11.6 Å². The lowest BCUT2D eigenvalue weighted by atomic mass is 9.99. The summed E-state index contributed by atoms with van der Waals surface area (Å²) >= 11 is 6.19. The zero-order valence-corrected chi connectivity index (χ0v) is 11.5. The molecule has 3 rings (SSSR count). The van der Waals surface area contributed by atoms with E-state index >= 15 is 0 Å². The van der Waals surface area contributed by atoms with Gasteiger partial charge in [-0.2, -0.15) is 0 Å². The summed E-state index contributed by atoms with van der Waals surface area (Å²) in [5.41, 5.74) is 2.37. The van der Waals surface area contributed by atoms with Gasteiger partial charge in [0.1, 0.15) is 17.3 Å². The maximum Gasteiger partial charge on any atom is 0.142 e. The van der Waals surface area contributed by atoms with E-state index in [1.54, 1.807) is 31.2 Å². The number of rotatable bonds is 2. The van der Waals surface area contributed by atoms with Crippen molar-refractivity contribution in [3.8, 4) is 22.4 Å². The quantitative estimate of drug-likeness (QED) is 0.654. The average molecular weight is 288 g/mol. The van der Waals surface area contributed by atoms with Gasteiger partial charge in [-0.05, 0) is 19.1 Å². The number of hydrogen-bond acceptors (Lipinski definition) is 2. The second kappa shape index (κ2) is 5.10. The molecule has 0 saturated heterocycles. The highest BCUT2D eigenvalue weighted by Gasteiger charge is 2.20. The smallest absolute Gasteiger partial charge is 0.142 e. The number of benzene rings is 2. The monoisotopic (exact) mass is 287 g/mol. The largest absolute Gasteiger partial charge is 0.360 e. The molecule has 3 aromatic rings. The molecule has 0 atom stereocenters. The van der Waals surface area contributed by atoms with Crippen molar-refractivity contribution in [3.05, 3.63) is 65.1 Å². The van der Waals surface area contributed by atoms with E-state index in [-0.39, 0.29) is 5.82 Å². The van der Waals surface area contributed by atoms with Gasteiger partial charge in [0.05, 0.1) is 10.6 Å². The molecule has 0 aliphatic rings. The topological polar surface area (TPSA) is 26.0 Å². The van der Waals surface area contributed by atoms with Gasteiger partial charge >= 0.3 is 0 Å². The molecule has 0 bridgehead atoms. The molecule has 0 amide bonds. The first kappa shape index (κ1) is 12.9. The summed E-state index contributed by atoms with van der Waals surface area (Å²) < 4.78 is 19.3. The predicted molar refractivity (Wildman–Crippen MR) is 77.1 cm³/mol. The molecular formula is C16H11ClFNO. The first-order chi connectivity index (χ1) is 9.68. The SMILES string of the molecule is Cc1onc(-c2ccccc2Cl)c1-c1ccccc1F. The van der Waals surface area contributed by atoms with Crippen molar-refractivity contribution in [2.45, 2.75) is 6.92 Å². The summed E-state index contributed by atoms with van der Waals surface area (Å²) in [6, 6.07) is 13.8. The fourth-order valence-electron chi connectivity index (χ4n) is 2.19. The van der Waals surface area contributed by atoms with E-state index in [2.05, 4.69) is 5.16 Å². The fourth-order valence-corrected chi connectivity index (χ4v) is 2.42. The molecule has 1 heterocycles. The highest BCUT2D eigenvalue weighted by molar-refractivity contribution is 6.33. The molecule has 2 aromatic carbocycles. The maximum absolute atomic E-state index is 14.0. The lowest BCUT2D eigenvalue weighted by Crippen LogP contribution is -1.88. The molecule has 0 saturated carbocycles. The van der Waals surface area contributed by atoms with E-state index in [1.165, 1.54) is 6.07 Å². The van der Waals surface area contributed by atoms with Gasteiger partial charge in [0.15, 0.2) is 0 Å². The van der Waals surface area contributed by atoms with E-state index in [0.717, 1.165) is 5.56 Å². The molecule has 0 unspecified atom stereocenters. The second-order valence-corrected chi connectivity index (χ2v) is 4.83. The van der Waals surface area contributed by atoms with Gasteiger partial charge in [-0.3, -0.25) is 0 Å². The molecule has 0 N–H and O–H groups in total. The maximum atomic E-state index is 14.0. The van der Waals surface area contributed by atoms with Crippen LogP contribution in [0.1, 0.15) is 5.76 Å². The number of aryl methyl sites for hydroxylation is 1. The van der Waals surface area contributed by atoms with Gasteiger partial charge in [-0.15, -0.1) is 0 Å².